The van der Waals surface area contributed by atoms with Crippen molar-refractivity contribution in [2.75, 3.05) is 5.32 Å². The van der Waals surface area contributed by atoms with E-state index in [9.17, 15) is 4.79 Å². The lowest BCUT2D eigenvalue weighted by molar-refractivity contribution is -0.112. The highest BCUT2D eigenvalue weighted by atomic mass is 16.1. The molecule has 0 atom stereocenters. The van der Waals surface area contributed by atoms with Gasteiger partial charge >= 0.3 is 0 Å². The number of nitrogens with zero attached hydrogens (tertiary/aromatic N) is 1. The molecule has 0 saturated heterocycles. The van der Waals surface area contributed by atoms with Crippen molar-refractivity contribution in [3.8, 4) is 0 Å². The van der Waals surface area contributed by atoms with Crippen molar-refractivity contribution >= 4 is 11.9 Å². The number of anilines is 1. The summed E-state index contributed by atoms with van der Waals surface area (Å²) in [6.07, 6.45) is 5.98. The van der Waals surface area contributed by atoms with Gasteiger partial charge in [-0.3, -0.25) is 10.1 Å². The first-order chi connectivity index (χ1) is 6.24. The van der Waals surface area contributed by atoms with Crippen molar-refractivity contribution in [1.29, 1.82) is 0 Å². The SMILES string of the molecule is CCC=C(C)C(=O)Nc1ncc[nH]1. The van der Waals surface area contributed by atoms with Crippen molar-refractivity contribution < 1.29 is 4.79 Å². The standard InChI is InChI=1S/C9H13N3O/c1-3-4-7(2)8(13)12-9-10-5-6-11-9/h4-6H,3H2,1-2H3,(H2,10,11,12,13). The fourth-order valence-electron chi connectivity index (χ4n) is 0.939. The molecule has 1 heterocycles. The summed E-state index contributed by atoms with van der Waals surface area (Å²) < 4.78 is 0. The van der Waals surface area contributed by atoms with Crippen molar-refractivity contribution in [3.05, 3.63) is 24.0 Å². The van der Waals surface area contributed by atoms with Crippen molar-refractivity contribution in [2.45, 2.75) is 20.3 Å². The van der Waals surface area contributed by atoms with E-state index in [0.29, 0.717) is 11.5 Å². The Kier molecular flexibility index (Phi) is 3.25. The molecule has 0 aliphatic heterocycles. The van der Waals surface area contributed by atoms with Crippen molar-refractivity contribution in [3.63, 3.8) is 0 Å². The molecular weight excluding hydrogens is 166 g/mol. The molecule has 0 unspecified atom stereocenters. The van der Waals surface area contributed by atoms with Crippen LogP contribution in [0.15, 0.2) is 24.0 Å². The lowest BCUT2D eigenvalue weighted by Crippen LogP contribution is -2.13. The Morgan fingerprint density at radius 1 is 1.77 bits per heavy atom. The van der Waals surface area contributed by atoms with Crippen LogP contribution < -0.4 is 5.32 Å². The molecule has 70 valence electrons. The molecule has 0 aliphatic rings. The van der Waals surface area contributed by atoms with Crippen LogP contribution in [-0.4, -0.2) is 15.9 Å². The molecule has 0 radical (unpaired) electrons. The lowest BCUT2D eigenvalue weighted by atomic mass is 10.2. The van der Waals surface area contributed by atoms with Gasteiger partial charge in [-0.1, -0.05) is 13.0 Å². The zero-order valence-electron chi connectivity index (χ0n) is 7.79. The smallest absolute Gasteiger partial charge is 0.253 e. The number of H-pyrrole nitrogens is 1. The minimum Gasteiger partial charge on any atom is -0.331 e. The number of carbonyl (C=O) groups excluding carboxylic acids is 1. The minimum atomic E-state index is -0.114. The van der Waals surface area contributed by atoms with Gasteiger partial charge in [0, 0.05) is 18.0 Å². The van der Waals surface area contributed by atoms with Crippen LogP contribution >= 0.6 is 0 Å². The van der Waals surface area contributed by atoms with Crippen LogP contribution in [0.4, 0.5) is 5.95 Å². The van der Waals surface area contributed by atoms with Crippen molar-refractivity contribution in [1.82, 2.24) is 9.97 Å². The van der Waals surface area contributed by atoms with Gasteiger partial charge < -0.3 is 4.98 Å². The summed E-state index contributed by atoms with van der Waals surface area (Å²) in [6.45, 7) is 3.77. The monoisotopic (exact) mass is 179 g/mol. The summed E-state index contributed by atoms with van der Waals surface area (Å²) in [7, 11) is 0. The summed E-state index contributed by atoms with van der Waals surface area (Å²) in [5, 5.41) is 2.63. The normalized spacial score (nSPS) is 11.4. The topological polar surface area (TPSA) is 57.8 Å². The molecule has 0 fully saturated rings. The minimum absolute atomic E-state index is 0.114. The fourth-order valence-corrected chi connectivity index (χ4v) is 0.939. The summed E-state index contributed by atoms with van der Waals surface area (Å²) >= 11 is 0. The fraction of sp³-hybridized carbons (Fsp3) is 0.333. The average molecular weight is 179 g/mol. The molecule has 0 aliphatic carbocycles. The third kappa shape index (κ3) is 2.74. The largest absolute Gasteiger partial charge is 0.331 e. The number of aromatic amines is 1. The van der Waals surface area contributed by atoms with Crippen LogP contribution in [0.5, 0.6) is 0 Å². The Hall–Kier alpha value is -1.58. The van der Waals surface area contributed by atoms with E-state index in [1.54, 1.807) is 19.3 Å². The van der Waals surface area contributed by atoms with Gasteiger partial charge in [-0.15, -0.1) is 0 Å². The zero-order valence-corrected chi connectivity index (χ0v) is 7.79. The van der Waals surface area contributed by atoms with E-state index in [1.807, 2.05) is 13.0 Å². The Bertz CT molecular complexity index is 301. The number of allylic oxidation sites excluding steroid dienone is 1. The number of aromatic nitrogens is 2. The molecule has 1 aromatic heterocycles. The van der Waals surface area contributed by atoms with Crippen LogP contribution in [0.25, 0.3) is 0 Å². The molecule has 1 amide bonds. The van der Waals surface area contributed by atoms with Gasteiger partial charge in [-0.2, -0.15) is 0 Å². The Balaban J connectivity index is 2.56. The van der Waals surface area contributed by atoms with Gasteiger partial charge in [-0.05, 0) is 13.3 Å². The van der Waals surface area contributed by atoms with Gasteiger partial charge in [0.25, 0.3) is 5.91 Å². The number of imidazole rings is 1. The molecule has 13 heavy (non-hydrogen) atoms. The lowest BCUT2D eigenvalue weighted by Gasteiger charge is -2.00. The molecule has 4 nitrogen and oxygen atoms in total. The summed E-state index contributed by atoms with van der Waals surface area (Å²) in [6, 6.07) is 0. The second-order valence-corrected chi connectivity index (χ2v) is 2.69. The van der Waals surface area contributed by atoms with Gasteiger partial charge in [-0.25, -0.2) is 4.98 Å². The van der Waals surface area contributed by atoms with E-state index in [0.717, 1.165) is 6.42 Å². The van der Waals surface area contributed by atoms with Crippen LogP contribution in [0, 0.1) is 0 Å². The molecule has 0 spiro atoms. The second-order valence-electron chi connectivity index (χ2n) is 2.69. The van der Waals surface area contributed by atoms with Gasteiger partial charge in [0.1, 0.15) is 0 Å². The molecule has 1 aromatic rings. The Labute approximate surface area is 77.1 Å². The average Bonchev–Trinajstić information content (AvgIpc) is 2.57. The maximum atomic E-state index is 11.4. The molecule has 0 bridgehead atoms. The third-order valence-electron chi connectivity index (χ3n) is 1.60. The Morgan fingerprint density at radius 3 is 3.08 bits per heavy atom. The number of hydrogen-bond acceptors (Lipinski definition) is 2. The molecule has 1 rings (SSSR count). The molecule has 0 aromatic carbocycles. The predicted molar refractivity (Wildman–Crippen MR) is 51.3 cm³/mol. The highest BCUT2D eigenvalue weighted by Crippen LogP contribution is 2.01. The van der Waals surface area contributed by atoms with Crippen LogP contribution in [-0.2, 0) is 4.79 Å². The summed E-state index contributed by atoms with van der Waals surface area (Å²) in [5.74, 6) is 0.366. The maximum Gasteiger partial charge on any atom is 0.253 e. The molecule has 2 N–H and O–H groups in total. The highest BCUT2D eigenvalue weighted by Gasteiger charge is 2.04. The molecule has 4 heteroatoms. The number of carbonyl (C=O) groups is 1. The van der Waals surface area contributed by atoms with E-state index in [1.165, 1.54) is 0 Å². The summed E-state index contributed by atoms with van der Waals surface area (Å²) in [4.78, 5) is 18.0. The summed E-state index contributed by atoms with van der Waals surface area (Å²) in [5.41, 5.74) is 0.707. The zero-order chi connectivity index (χ0) is 9.68. The van der Waals surface area contributed by atoms with Crippen LogP contribution in [0.1, 0.15) is 20.3 Å². The van der Waals surface area contributed by atoms with E-state index in [-0.39, 0.29) is 5.91 Å². The Morgan fingerprint density at radius 2 is 2.54 bits per heavy atom. The third-order valence-corrected chi connectivity index (χ3v) is 1.60. The van der Waals surface area contributed by atoms with E-state index in [4.69, 9.17) is 0 Å². The number of hydrogen-bond donors (Lipinski definition) is 2. The van der Waals surface area contributed by atoms with Gasteiger partial charge in [0.2, 0.25) is 5.95 Å². The number of amides is 1. The van der Waals surface area contributed by atoms with Crippen molar-refractivity contribution in [2.24, 2.45) is 0 Å². The van der Waals surface area contributed by atoms with Gasteiger partial charge in [0.15, 0.2) is 0 Å². The number of nitrogens with one attached hydrogen (secondary N) is 2. The van der Waals surface area contributed by atoms with E-state index in [2.05, 4.69) is 15.3 Å². The van der Waals surface area contributed by atoms with E-state index < -0.39 is 0 Å². The number of rotatable bonds is 3. The van der Waals surface area contributed by atoms with E-state index >= 15 is 0 Å². The van der Waals surface area contributed by atoms with Crippen LogP contribution in [0.2, 0.25) is 0 Å². The first-order valence-corrected chi connectivity index (χ1v) is 4.21. The predicted octanol–water partition coefficient (Wildman–Crippen LogP) is 1.70. The first-order valence-electron chi connectivity index (χ1n) is 4.21. The quantitative estimate of drug-likeness (QED) is 0.694. The second kappa shape index (κ2) is 4.45. The highest BCUT2D eigenvalue weighted by molar-refractivity contribution is 6.02. The van der Waals surface area contributed by atoms with Gasteiger partial charge in [0.05, 0.1) is 0 Å². The molecular formula is C9H13N3O. The van der Waals surface area contributed by atoms with Crippen LogP contribution in [0.3, 0.4) is 0 Å². The molecule has 0 saturated carbocycles. The first kappa shape index (κ1) is 9.51. The maximum absolute atomic E-state index is 11.4.